The molecule has 6 heterocycles. The highest BCUT2D eigenvalue weighted by Gasteiger charge is 2.39. The van der Waals surface area contributed by atoms with E-state index in [9.17, 15) is 35.9 Å². The molecular formula is C40H28F6N10O2. The van der Waals surface area contributed by atoms with E-state index in [1.807, 2.05) is 6.92 Å². The van der Waals surface area contributed by atoms with Crippen LogP contribution >= 0.6 is 0 Å². The van der Waals surface area contributed by atoms with Gasteiger partial charge in [0.25, 0.3) is 11.8 Å². The number of anilines is 2. The van der Waals surface area contributed by atoms with E-state index in [1.54, 1.807) is 35.4 Å². The van der Waals surface area contributed by atoms with Crippen molar-refractivity contribution in [2.45, 2.75) is 32.2 Å². The highest BCUT2D eigenvalue weighted by atomic mass is 19.4. The summed E-state index contributed by atoms with van der Waals surface area (Å²) >= 11 is 0. The number of carbonyl (C=O) groups is 2. The Labute approximate surface area is 324 Å². The lowest BCUT2D eigenvalue weighted by atomic mass is 9.95. The number of aryl methyl sites for hydroxylation is 1. The van der Waals surface area contributed by atoms with Gasteiger partial charge in [-0.1, -0.05) is 36.4 Å². The Bertz CT molecular complexity index is 2690. The fourth-order valence-electron chi connectivity index (χ4n) is 6.50. The molecule has 1 aromatic carbocycles. The van der Waals surface area contributed by atoms with E-state index < -0.39 is 35.3 Å². The average molecular weight is 795 g/mol. The number of nitrogens with zero attached hydrogens (tertiary/aromatic N) is 8. The van der Waals surface area contributed by atoms with E-state index >= 15 is 0 Å². The normalized spacial score (nSPS) is 16.6. The van der Waals surface area contributed by atoms with Crippen molar-refractivity contribution in [3.63, 3.8) is 0 Å². The van der Waals surface area contributed by atoms with Crippen LogP contribution in [0.3, 0.4) is 0 Å². The molecule has 0 radical (unpaired) electrons. The third-order valence-corrected chi connectivity index (χ3v) is 9.17. The van der Waals surface area contributed by atoms with Gasteiger partial charge in [-0.25, -0.2) is 29.5 Å². The molecule has 18 heteroatoms. The summed E-state index contributed by atoms with van der Waals surface area (Å²) in [5.41, 5.74) is -0.649. The van der Waals surface area contributed by atoms with Crippen LogP contribution in [0, 0.1) is 6.92 Å². The van der Waals surface area contributed by atoms with E-state index in [0.29, 0.717) is 5.69 Å². The number of allylic oxidation sites excluding steroid dienone is 6. The van der Waals surface area contributed by atoms with Gasteiger partial charge < -0.3 is 10.6 Å². The van der Waals surface area contributed by atoms with Crippen LogP contribution in [-0.4, -0.2) is 58.4 Å². The lowest BCUT2D eigenvalue weighted by Gasteiger charge is -2.30. The molecule has 0 atom stereocenters. The van der Waals surface area contributed by atoms with Crippen LogP contribution in [0.5, 0.6) is 0 Å². The first-order valence-corrected chi connectivity index (χ1v) is 17.5. The van der Waals surface area contributed by atoms with Crippen LogP contribution in [0.25, 0.3) is 16.9 Å². The second kappa shape index (κ2) is 14.6. The minimum atomic E-state index is -4.64. The van der Waals surface area contributed by atoms with Crippen LogP contribution in [-0.2, 0) is 17.5 Å². The number of carbonyl (C=O) groups excluding carboxylic acids is 2. The SMILES string of the molecule is Cc1ccnc(NC(=O)C2=CN(Cc3cccc(NC(=O)c4cnn5ccc(-c6ccccc6C(F)(F)F)nc45)n3)N3C=CC(=C4CC=CC=C4C(F)(F)F)N=C23)c1. The largest absolute Gasteiger partial charge is 0.417 e. The quantitative estimate of drug-likeness (QED) is 0.159. The van der Waals surface area contributed by atoms with E-state index in [4.69, 9.17) is 0 Å². The molecule has 2 N–H and O–H groups in total. The first-order chi connectivity index (χ1) is 27.7. The van der Waals surface area contributed by atoms with E-state index in [2.05, 4.69) is 35.7 Å². The number of rotatable bonds is 7. The molecule has 292 valence electrons. The summed E-state index contributed by atoms with van der Waals surface area (Å²) < 4.78 is 84.6. The fourth-order valence-corrected chi connectivity index (χ4v) is 6.50. The zero-order chi connectivity index (χ0) is 40.8. The number of aliphatic imine (C=N–C) groups is 1. The van der Waals surface area contributed by atoms with Crippen molar-refractivity contribution >= 4 is 34.9 Å². The Hall–Kier alpha value is -7.37. The molecule has 8 rings (SSSR count). The zero-order valence-corrected chi connectivity index (χ0v) is 30.0. The number of nitrogens with one attached hydrogen (secondary N) is 2. The Morgan fingerprint density at radius 3 is 2.50 bits per heavy atom. The van der Waals surface area contributed by atoms with Gasteiger partial charge in [-0.15, -0.1) is 0 Å². The number of halogens is 6. The molecule has 2 aliphatic heterocycles. The van der Waals surface area contributed by atoms with Crippen LogP contribution < -0.4 is 10.6 Å². The van der Waals surface area contributed by atoms with E-state index in [0.717, 1.165) is 17.7 Å². The number of aromatic nitrogens is 5. The van der Waals surface area contributed by atoms with Crippen LogP contribution in [0.15, 0.2) is 143 Å². The Balaban J connectivity index is 1.07. The van der Waals surface area contributed by atoms with Gasteiger partial charge in [0.15, 0.2) is 11.5 Å². The number of amides is 2. The van der Waals surface area contributed by atoms with Gasteiger partial charge in [0, 0.05) is 30.4 Å². The highest BCUT2D eigenvalue weighted by molar-refractivity contribution is 6.25. The van der Waals surface area contributed by atoms with E-state index in [1.165, 1.54) is 83.0 Å². The average Bonchev–Trinajstić information content (AvgIpc) is 3.78. The molecule has 5 aromatic rings. The Morgan fingerprint density at radius 2 is 1.71 bits per heavy atom. The summed E-state index contributed by atoms with van der Waals surface area (Å²) in [6.45, 7) is 1.83. The molecule has 0 unspecified atom stereocenters. The van der Waals surface area contributed by atoms with E-state index in [-0.39, 0.29) is 69.7 Å². The summed E-state index contributed by atoms with van der Waals surface area (Å²) in [5, 5.41) is 12.6. The summed E-state index contributed by atoms with van der Waals surface area (Å²) in [5.74, 6) is -0.861. The van der Waals surface area contributed by atoms with Crippen molar-refractivity contribution in [3.8, 4) is 11.3 Å². The summed E-state index contributed by atoms with van der Waals surface area (Å²) in [6.07, 6.45) is 3.20. The Kier molecular flexibility index (Phi) is 9.46. The fraction of sp³-hybridized carbons (Fsp3) is 0.125. The maximum absolute atomic E-state index is 14.0. The minimum Gasteiger partial charge on any atom is -0.306 e. The molecule has 0 saturated heterocycles. The van der Waals surface area contributed by atoms with Crippen molar-refractivity contribution in [3.05, 3.63) is 161 Å². The monoisotopic (exact) mass is 794 g/mol. The molecule has 4 aromatic heterocycles. The van der Waals surface area contributed by atoms with Crippen molar-refractivity contribution < 1.29 is 35.9 Å². The van der Waals surface area contributed by atoms with Gasteiger partial charge >= 0.3 is 12.4 Å². The number of hydrazine groups is 1. The molecular weight excluding hydrogens is 766 g/mol. The summed E-state index contributed by atoms with van der Waals surface area (Å²) in [4.78, 5) is 44.9. The predicted molar refractivity (Wildman–Crippen MR) is 200 cm³/mol. The third kappa shape index (κ3) is 7.46. The van der Waals surface area contributed by atoms with Crippen molar-refractivity contribution in [2.24, 2.45) is 4.99 Å². The summed E-state index contributed by atoms with van der Waals surface area (Å²) in [7, 11) is 0. The maximum atomic E-state index is 14.0. The van der Waals surface area contributed by atoms with Gasteiger partial charge in [-0.2, -0.15) is 31.4 Å². The first kappa shape index (κ1) is 37.5. The highest BCUT2D eigenvalue weighted by Crippen LogP contribution is 2.39. The van der Waals surface area contributed by atoms with Crippen LogP contribution in [0.4, 0.5) is 38.0 Å². The second-order valence-corrected chi connectivity index (χ2v) is 13.1. The first-order valence-electron chi connectivity index (χ1n) is 17.5. The standard InChI is InChI=1S/C40H28F6N10O2/c1-23-13-16-47-34(19-23)53-38(58)28-22-54(56-18-15-32(51-36(28)56)26-9-3-5-11-30(26)40(44,45)46)21-24-7-6-12-33(49-24)52-37(57)27-20-48-55-17-14-31(50-35(27)55)25-8-2-4-10-29(25)39(41,42)43/h2-8,10-20,22H,9,21H2,1H3,(H,47,53,58)(H,49,52,57). The smallest absolute Gasteiger partial charge is 0.306 e. The van der Waals surface area contributed by atoms with Crippen LogP contribution in [0.1, 0.15) is 33.6 Å². The zero-order valence-electron chi connectivity index (χ0n) is 30.0. The number of benzene rings is 1. The number of hydrogen-bond donors (Lipinski definition) is 2. The minimum absolute atomic E-state index is 0.00906. The van der Waals surface area contributed by atoms with Gasteiger partial charge in [-0.05, 0) is 73.0 Å². The molecule has 2 amide bonds. The van der Waals surface area contributed by atoms with Gasteiger partial charge in [-0.3, -0.25) is 14.6 Å². The molecule has 0 spiro atoms. The number of pyridine rings is 2. The Morgan fingerprint density at radius 1 is 0.897 bits per heavy atom. The van der Waals surface area contributed by atoms with Crippen molar-refractivity contribution in [2.75, 3.05) is 10.6 Å². The predicted octanol–water partition coefficient (Wildman–Crippen LogP) is 7.95. The maximum Gasteiger partial charge on any atom is 0.417 e. The number of alkyl halides is 6. The van der Waals surface area contributed by atoms with Crippen LogP contribution in [0.2, 0.25) is 0 Å². The molecule has 1 aliphatic carbocycles. The number of amidine groups is 1. The second-order valence-electron chi connectivity index (χ2n) is 13.1. The van der Waals surface area contributed by atoms with Crippen molar-refractivity contribution in [1.82, 2.24) is 34.6 Å². The summed E-state index contributed by atoms with van der Waals surface area (Å²) in [6, 6.07) is 14.6. The van der Waals surface area contributed by atoms with Crippen molar-refractivity contribution in [1.29, 1.82) is 0 Å². The van der Waals surface area contributed by atoms with Gasteiger partial charge in [0.1, 0.15) is 22.8 Å². The molecule has 0 fully saturated rings. The molecule has 3 aliphatic rings. The number of fused-ring (bicyclic) bond motifs is 2. The topological polar surface area (TPSA) is 133 Å². The number of hydrogen-bond acceptors (Lipinski definition) is 9. The molecule has 0 bridgehead atoms. The molecule has 0 saturated carbocycles. The molecule has 58 heavy (non-hydrogen) atoms. The molecule has 12 nitrogen and oxygen atoms in total. The third-order valence-electron chi connectivity index (χ3n) is 9.17. The lowest BCUT2D eigenvalue weighted by molar-refractivity contribution is -0.137. The lowest BCUT2D eigenvalue weighted by Crippen LogP contribution is -2.37. The van der Waals surface area contributed by atoms with Gasteiger partial charge in [0.05, 0.1) is 41.0 Å². The van der Waals surface area contributed by atoms with Gasteiger partial charge in [0.2, 0.25) is 0 Å².